The number of nitrogens with zero attached hydrogens (tertiary/aromatic N) is 1. The molecular weight excluding hydrogens is 160 g/mol. The summed E-state index contributed by atoms with van der Waals surface area (Å²) in [5.74, 6) is 0. The van der Waals surface area contributed by atoms with E-state index < -0.39 is 0 Å². The Morgan fingerprint density at radius 1 is 1.46 bits per heavy atom. The van der Waals surface area contributed by atoms with E-state index >= 15 is 0 Å². The Hall–Kier alpha value is -1.49. The molecule has 0 saturated heterocycles. The van der Waals surface area contributed by atoms with Gasteiger partial charge in [0.15, 0.2) is 0 Å². The Labute approximate surface area is 79.2 Å². The third-order valence-corrected chi connectivity index (χ3v) is 1.93. The third kappa shape index (κ3) is 2.48. The largest absolute Gasteiger partial charge is 0.385 e. The van der Waals surface area contributed by atoms with Crippen LogP contribution in [-0.4, -0.2) is 6.54 Å². The molecule has 2 heteroatoms. The van der Waals surface area contributed by atoms with E-state index in [9.17, 15) is 0 Å². The lowest BCUT2D eigenvalue weighted by atomic mass is 10.1. The van der Waals surface area contributed by atoms with Gasteiger partial charge in [-0.3, -0.25) is 0 Å². The first-order valence-corrected chi connectivity index (χ1v) is 4.52. The fourth-order valence-corrected chi connectivity index (χ4v) is 1.17. The molecule has 0 aromatic heterocycles. The number of nitriles is 1. The van der Waals surface area contributed by atoms with Crippen LogP contribution in [-0.2, 0) is 0 Å². The molecule has 0 aliphatic heterocycles. The van der Waals surface area contributed by atoms with Crippen LogP contribution in [0.3, 0.4) is 0 Å². The predicted octanol–water partition coefficient (Wildman–Crippen LogP) is 2.69. The molecule has 0 atom stereocenters. The van der Waals surface area contributed by atoms with Crippen molar-refractivity contribution < 1.29 is 0 Å². The molecule has 0 heterocycles. The topological polar surface area (TPSA) is 35.8 Å². The van der Waals surface area contributed by atoms with Gasteiger partial charge in [0.1, 0.15) is 0 Å². The summed E-state index contributed by atoms with van der Waals surface area (Å²) >= 11 is 0. The van der Waals surface area contributed by atoms with Gasteiger partial charge in [-0.05, 0) is 37.1 Å². The minimum atomic E-state index is 0.752. The van der Waals surface area contributed by atoms with Crippen molar-refractivity contribution in [1.29, 1.82) is 5.26 Å². The van der Waals surface area contributed by atoms with Crippen LogP contribution >= 0.6 is 0 Å². The first-order chi connectivity index (χ1) is 6.27. The first-order valence-electron chi connectivity index (χ1n) is 4.52. The van der Waals surface area contributed by atoms with Crippen molar-refractivity contribution in [2.75, 3.05) is 11.9 Å². The zero-order valence-corrected chi connectivity index (χ0v) is 8.09. The number of hydrogen-bond acceptors (Lipinski definition) is 2. The first kappa shape index (κ1) is 9.60. The summed E-state index contributed by atoms with van der Waals surface area (Å²) in [6.07, 6.45) is 1.11. The van der Waals surface area contributed by atoms with Crippen molar-refractivity contribution in [1.82, 2.24) is 0 Å². The van der Waals surface area contributed by atoms with Gasteiger partial charge in [-0.2, -0.15) is 5.26 Å². The maximum atomic E-state index is 8.71. The molecule has 1 aromatic carbocycles. The van der Waals surface area contributed by atoms with Gasteiger partial charge in [0.05, 0.1) is 11.6 Å². The average Bonchev–Trinajstić information content (AvgIpc) is 2.15. The Morgan fingerprint density at radius 2 is 2.23 bits per heavy atom. The Balaban J connectivity index is 2.79. The molecule has 1 N–H and O–H groups in total. The standard InChI is InChI=1S/C11H14N2/c1-3-6-13-11-5-4-10(8-12)9(2)7-11/h4-5,7,13H,3,6H2,1-2H3. The van der Waals surface area contributed by atoms with Gasteiger partial charge in [-0.1, -0.05) is 6.92 Å². The van der Waals surface area contributed by atoms with E-state index in [-0.39, 0.29) is 0 Å². The summed E-state index contributed by atoms with van der Waals surface area (Å²) in [6.45, 7) is 5.06. The zero-order valence-electron chi connectivity index (χ0n) is 8.09. The number of aryl methyl sites for hydroxylation is 1. The van der Waals surface area contributed by atoms with Gasteiger partial charge in [0.2, 0.25) is 0 Å². The van der Waals surface area contributed by atoms with Crippen LogP contribution in [0.15, 0.2) is 18.2 Å². The molecule has 13 heavy (non-hydrogen) atoms. The molecule has 0 amide bonds. The SMILES string of the molecule is CCCNc1ccc(C#N)c(C)c1. The second-order valence-electron chi connectivity index (χ2n) is 3.07. The van der Waals surface area contributed by atoms with E-state index in [2.05, 4.69) is 18.3 Å². The molecule has 0 saturated carbocycles. The van der Waals surface area contributed by atoms with Crippen LogP contribution in [0.5, 0.6) is 0 Å². The number of rotatable bonds is 3. The summed E-state index contributed by atoms with van der Waals surface area (Å²) in [6, 6.07) is 7.96. The zero-order chi connectivity index (χ0) is 9.68. The van der Waals surface area contributed by atoms with E-state index in [1.807, 2.05) is 25.1 Å². The van der Waals surface area contributed by atoms with E-state index in [1.165, 1.54) is 0 Å². The lowest BCUT2D eigenvalue weighted by molar-refractivity contribution is 0.979. The van der Waals surface area contributed by atoms with Gasteiger partial charge < -0.3 is 5.32 Å². The monoisotopic (exact) mass is 174 g/mol. The molecule has 0 bridgehead atoms. The molecule has 0 aliphatic carbocycles. The smallest absolute Gasteiger partial charge is 0.0994 e. The number of benzene rings is 1. The summed E-state index contributed by atoms with van der Waals surface area (Å²) in [5.41, 5.74) is 2.88. The lowest BCUT2D eigenvalue weighted by Crippen LogP contribution is -1.99. The highest BCUT2D eigenvalue weighted by Gasteiger charge is 1.97. The fraction of sp³-hybridized carbons (Fsp3) is 0.364. The van der Waals surface area contributed by atoms with Crippen LogP contribution in [0.2, 0.25) is 0 Å². The second-order valence-corrected chi connectivity index (χ2v) is 3.07. The van der Waals surface area contributed by atoms with Gasteiger partial charge in [-0.25, -0.2) is 0 Å². The number of hydrogen-bond donors (Lipinski definition) is 1. The molecule has 68 valence electrons. The molecule has 0 spiro atoms. The van der Waals surface area contributed by atoms with Crippen molar-refractivity contribution in [3.05, 3.63) is 29.3 Å². The van der Waals surface area contributed by atoms with Crippen molar-refractivity contribution >= 4 is 5.69 Å². The summed E-state index contributed by atoms with van der Waals surface area (Å²) in [5, 5.41) is 12.0. The number of anilines is 1. The molecule has 0 aliphatic rings. The van der Waals surface area contributed by atoms with Gasteiger partial charge in [-0.15, -0.1) is 0 Å². The molecule has 1 rings (SSSR count). The summed E-state index contributed by atoms with van der Waals surface area (Å²) in [4.78, 5) is 0. The summed E-state index contributed by atoms with van der Waals surface area (Å²) < 4.78 is 0. The van der Waals surface area contributed by atoms with Crippen LogP contribution in [0, 0.1) is 18.3 Å². The van der Waals surface area contributed by atoms with Gasteiger partial charge in [0.25, 0.3) is 0 Å². The van der Waals surface area contributed by atoms with E-state index in [0.29, 0.717) is 0 Å². The van der Waals surface area contributed by atoms with Gasteiger partial charge in [0, 0.05) is 12.2 Å². The van der Waals surface area contributed by atoms with E-state index in [0.717, 1.165) is 29.8 Å². The van der Waals surface area contributed by atoms with Crippen LogP contribution < -0.4 is 5.32 Å². The van der Waals surface area contributed by atoms with Crippen molar-refractivity contribution in [2.45, 2.75) is 20.3 Å². The average molecular weight is 174 g/mol. The van der Waals surface area contributed by atoms with Crippen LogP contribution in [0.25, 0.3) is 0 Å². The molecule has 2 nitrogen and oxygen atoms in total. The minimum absolute atomic E-state index is 0.752. The van der Waals surface area contributed by atoms with Crippen molar-refractivity contribution in [3.8, 4) is 6.07 Å². The Bertz CT molecular complexity index is 323. The van der Waals surface area contributed by atoms with E-state index in [4.69, 9.17) is 5.26 Å². The minimum Gasteiger partial charge on any atom is -0.385 e. The molecule has 1 aromatic rings. The normalized spacial score (nSPS) is 9.31. The highest BCUT2D eigenvalue weighted by molar-refractivity contribution is 5.51. The summed E-state index contributed by atoms with van der Waals surface area (Å²) in [7, 11) is 0. The number of nitrogens with one attached hydrogen (secondary N) is 1. The maximum absolute atomic E-state index is 8.71. The van der Waals surface area contributed by atoms with Crippen LogP contribution in [0.4, 0.5) is 5.69 Å². The van der Waals surface area contributed by atoms with E-state index in [1.54, 1.807) is 0 Å². The van der Waals surface area contributed by atoms with Crippen LogP contribution in [0.1, 0.15) is 24.5 Å². The third-order valence-electron chi connectivity index (χ3n) is 1.93. The maximum Gasteiger partial charge on any atom is 0.0994 e. The highest BCUT2D eigenvalue weighted by Crippen LogP contribution is 2.13. The van der Waals surface area contributed by atoms with Gasteiger partial charge >= 0.3 is 0 Å². The predicted molar refractivity (Wildman–Crippen MR) is 54.7 cm³/mol. The quantitative estimate of drug-likeness (QED) is 0.764. The van der Waals surface area contributed by atoms with Crippen molar-refractivity contribution in [3.63, 3.8) is 0 Å². The Kier molecular flexibility index (Phi) is 3.33. The second kappa shape index (κ2) is 4.51. The molecule has 0 fully saturated rings. The fourth-order valence-electron chi connectivity index (χ4n) is 1.17. The highest BCUT2D eigenvalue weighted by atomic mass is 14.9. The molecular formula is C11H14N2. The lowest BCUT2D eigenvalue weighted by Gasteiger charge is -2.05. The Morgan fingerprint density at radius 3 is 2.77 bits per heavy atom. The molecule has 0 unspecified atom stereocenters. The van der Waals surface area contributed by atoms with Crippen molar-refractivity contribution in [2.24, 2.45) is 0 Å². The molecule has 0 radical (unpaired) electrons.